The third-order valence-corrected chi connectivity index (χ3v) is 2.83. The highest BCUT2D eigenvalue weighted by atomic mass is 16.1. The molecule has 0 heterocycles. The van der Waals surface area contributed by atoms with Gasteiger partial charge in [-0.3, -0.25) is 4.79 Å². The number of rotatable bonds is 3. The van der Waals surface area contributed by atoms with Gasteiger partial charge in [-0.15, -0.1) is 0 Å². The molecule has 0 spiro atoms. The summed E-state index contributed by atoms with van der Waals surface area (Å²) < 4.78 is 0. The SMILES string of the molecule is CC(=O)C(C)(C#N)Cc1ccccc1C. The zero-order chi connectivity index (χ0) is 11.5. The van der Waals surface area contributed by atoms with Gasteiger partial charge < -0.3 is 0 Å². The number of ketones is 1. The lowest BCUT2D eigenvalue weighted by atomic mass is 9.81. The highest BCUT2D eigenvalue weighted by Crippen LogP contribution is 2.24. The number of hydrogen-bond acceptors (Lipinski definition) is 2. The number of hydrogen-bond donors (Lipinski definition) is 0. The summed E-state index contributed by atoms with van der Waals surface area (Å²) in [5, 5.41) is 9.04. The summed E-state index contributed by atoms with van der Waals surface area (Å²) in [5.41, 5.74) is 1.29. The van der Waals surface area contributed by atoms with E-state index in [2.05, 4.69) is 6.07 Å². The molecule has 2 nitrogen and oxygen atoms in total. The molecule has 2 heteroatoms. The van der Waals surface area contributed by atoms with E-state index in [1.54, 1.807) is 6.92 Å². The van der Waals surface area contributed by atoms with Crippen LogP contribution in [0.25, 0.3) is 0 Å². The maximum atomic E-state index is 11.4. The van der Waals surface area contributed by atoms with Crippen molar-refractivity contribution >= 4 is 5.78 Å². The van der Waals surface area contributed by atoms with E-state index >= 15 is 0 Å². The van der Waals surface area contributed by atoms with Crippen molar-refractivity contribution in [3.8, 4) is 6.07 Å². The van der Waals surface area contributed by atoms with Gasteiger partial charge in [0.2, 0.25) is 0 Å². The molecule has 78 valence electrons. The molecule has 0 amide bonds. The second-order valence-electron chi connectivity index (χ2n) is 4.10. The van der Waals surface area contributed by atoms with Crippen molar-refractivity contribution < 1.29 is 4.79 Å². The first-order chi connectivity index (χ1) is 6.99. The van der Waals surface area contributed by atoms with E-state index in [-0.39, 0.29) is 5.78 Å². The monoisotopic (exact) mass is 201 g/mol. The quantitative estimate of drug-likeness (QED) is 0.754. The van der Waals surface area contributed by atoms with E-state index in [4.69, 9.17) is 5.26 Å². The molecule has 0 aliphatic rings. The highest BCUT2D eigenvalue weighted by molar-refractivity contribution is 5.85. The van der Waals surface area contributed by atoms with Crippen LogP contribution < -0.4 is 0 Å². The summed E-state index contributed by atoms with van der Waals surface area (Å²) >= 11 is 0. The predicted molar refractivity (Wildman–Crippen MR) is 59.3 cm³/mol. The average molecular weight is 201 g/mol. The van der Waals surface area contributed by atoms with Crippen LogP contribution in [0.3, 0.4) is 0 Å². The van der Waals surface area contributed by atoms with Gasteiger partial charge in [-0.2, -0.15) is 5.26 Å². The van der Waals surface area contributed by atoms with Crippen LogP contribution in [0.5, 0.6) is 0 Å². The summed E-state index contributed by atoms with van der Waals surface area (Å²) in [6.45, 7) is 5.16. The summed E-state index contributed by atoms with van der Waals surface area (Å²) in [6.07, 6.45) is 0.492. The first-order valence-electron chi connectivity index (χ1n) is 4.96. The van der Waals surface area contributed by atoms with E-state index < -0.39 is 5.41 Å². The molecule has 1 rings (SSSR count). The van der Waals surface area contributed by atoms with E-state index in [0.717, 1.165) is 11.1 Å². The second kappa shape index (κ2) is 4.27. The van der Waals surface area contributed by atoms with Crippen LogP contribution in [0, 0.1) is 23.7 Å². The van der Waals surface area contributed by atoms with Crippen LogP contribution in [-0.2, 0) is 11.2 Å². The van der Waals surface area contributed by atoms with Crippen molar-refractivity contribution in [1.29, 1.82) is 5.26 Å². The van der Waals surface area contributed by atoms with Crippen LogP contribution in [0.15, 0.2) is 24.3 Å². The highest BCUT2D eigenvalue weighted by Gasteiger charge is 2.30. The minimum atomic E-state index is -0.897. The molecule has 0 saturated heterocycles. The van der Waals surface area contributed by atoms with Crippen molar-refractivity contribution in [2.75, 3.05) is 0 Å². The summed E-state index contributed by atoms with van der Waals surface area (Å²) in [6, 6.07) is 9.95. The number of nitrogens with zero attached hydrogens (tertiary/aromatic N) is 1. The Morgan fingerprint density at radius 1 is 1.47 bits per heavy atom. The number of Topliss-reactive ketones (excluding diaryl/α,β-unsaturated/α-hetero) is 1. The zero-order valence-electron chi connectivity index (χ0n) is 9.37. The molecule has 1 aromatic carbocycles. The van der Waals surface area contributed by atoms with Crippen molar-refractivity contribution in [2.45, 2.75) is 27.2 Å². The Morgan fingerprint density at radius 2 is 2.07 bits per heavy atom. The molecular weight excluding hydrogens is 186 g/mol. The van der Waals surface area contributed by atoms with Crippen LogP contribution in [0.2, 0.25) is 0 Å². The van der Waals surface area contributed by atoms with Gasteiger partial charge in [0.05, 0.1) is 6.07 Å². The van der Waals surface area contributed by atoms with E-state index in [0.29, 0.717) is 6.42 Å². The van der Waals surface area contributed by atoms with Crippen LogP contribution >= 0.6 is 0 Å². The molecule has 0 aliphatic carbocycles. The van der Waals surface area contributed by atoms with Gasteiger partial charge in [-0.25, -0.2) is 0 Å². The van der Waals surface area contributed by atoms with Gasteiger partial charge in [-0.1, -0.05) is 24.3 Å². The Morgan fingerprint density at radius 3 is 2.53 bits per heavy atom. The minimum absolute atomic E-state index is 0.0757. The molecule has 0 bridgehead atoms. The van der Waals surface area contributed by atoms with Crippen molar-refractivity contribution in [1.82, 2.24) is 0 Å². The first-order valence-corrected chi connectivity index (χ1v) is 4.96. The Kier molecular flexibility index (Phi) is 3.26. The molecule has 1 aromatic rings. The fourth-order valence-electron chi connectivity index (χ4n) is 1.43. The standard InChI is InChI=1S/C13H15NO/c1-10-6-4-5-7-12(10)8-13(3,9-14)11(2)15/h4-7H,8H2,1-3H3. The Hall–Kier alpha value is -1.62. The predicted octanol–water partition coefficient (Wildman–Crippen LogP) is 2.66. The lowest BCUT2D eigenvalue weighted by Gasteiger charge is -2.18. The summed E-state index contributed by atoms with van der Waals surface area (Å²) in [5.74, 6) is -0.0757. The van der Waals surface area contributed by atoms with Gasteiger partial charge >= 0.3 is 0 Å². The maximum Gasteiger partial charge on any atom is 0.150 e. The fourth-order valence-corrected chi connectivity index (χ4v) is 1.43. The molecule has 1 unspecified atom stereocenters. The Balaban J connectivity index is 3.01. The third-order valence-electron chi connectivity index (χ3n) is 2.83. The molecule has 0 aliphatic heterocycles. The van der Waals surface area contributed by atoms with Crippen molar-refractivity contribution in [2.24, 2.45) is 5.41 Å². The first kappa shape index (κ1) is 11.5. The van der Waals surface area contributed by atoms with Gasteiger partial charge in [0.15, 0.2) is 0 Å². The van der Waals surface area contributed by atoms with Crippen molar-refractivity contribution in [3.05, 3.63) is 35.4 Å². The number of carbonyl (C=O) groups is 1. The van der Waals surface area contributed by atoms with Crippen LogP contribution in [-0.4, -0.2) is 5.78 Å². The summed E-state index contributed by atoms with van der Waals surface area (Å²) in [7, 11) is 0. The maximum absolute atomic E-state index is 11.4. The van der Waals surface area contributed by atoms with Gasteiger partial charge in [0, 0.05) is 0 Å². The number of aryl methyl sites for hydroxylation is 1. The lowest BCUT2D eigenvalue weighted by molar-refractivity contribution is -0.123. The largest absolute Gasteiger partial charge is 0.298 e. The summed E-state index contributed by atoms with van der Waals surface area (Å²) in [4.78, 5) is 11.4. The topological polar surface area (TPSA) is 40.9 Å². The second-order valence-corrected chi connectivity index (χ2v) is 4.10. The normalized spacial score (nSPS) is 14.0. The van der Waals surface area contributed by atoms with Crippen molar-refractivity contribution in [3.63, 3.8) is 0 Å². The molecule has 15 heavy (non-hydrogen) atoms. The fraction of sp³-hybridized carbons (Fsp3) is 0.385. The Labute approximate surface area is 90.5 Å². The smallest absolute Gasteiger partial charge is 0.150 e. The van der Waals surface area contributed by atoms with Gasteiger partial charge in [0.1, 0.15) is 11.2 Å². The number of nitriles is 1. The molecule has 0 radical (unpaired) electrons. The lowest BCUT2D eigenvalue weighted by Crippen LogP contribution is -2.26. The zero-order valence-corrected chi connectivity index (χ0v) is 9.37. The van der Waals surface area contributed by atoms with Crippen LogP contribution in [0.1, 0.15) is 25.0 Å². The minimum Gasteiger partial charge on any atom is -0.298 e. The molecule has 0 fully saturated rings. The average Bonchev–Trinajstić information content (AvgIpc) is 2.21. The van der Waals surface area contributed by atoms with Crippen LogP contribution in [0.4, 0.5) is 0 Å². The Bertz CT molecular complexity index is 417. The molecule has 0 aromatic heterocycles. The van der Waals surface area contributed by atoms with Gasteiger partial charge in [0.25, 0.3) is 0 Å². The van der Waals surface area contributed by atoms with E-state index in [9.17, 15) is 4.79 Å². The molecule has 0 saturated carbocycles. The van der Waals surface area contributed by atoms with E-state index in [1.807, 2.05) is 31.2 Å². The molecule has 0 N–H and O–H groups in total. The van der Waals surface area contributed by atoms with E-state index in [1.165, 1.54) is 6.92 Å². The number of carbonyl (C=O) groups excluding carboxylic acids is 1. The molecular formula is C13H15NO. The number of benzene rings is 1. The molecule has 1 atom stereocenters. The third kappa shape index (κ3) is 2.44. The van der Waals surface area contributed by atoms with Gasteiger partial charge in [-0.05, 0) is 38.3 Å².